The first-order valence-electron chi connectivity index (χ1n) is 10.5. The van der Waals surface area contributed by atoms with Crippen LogP contribution in [0.4, 0.5) is 29.1 Å². The van der Waals surface area contributed by atoms with Crippen molar-refractivity contribution in [3.05, 3.63) is 34.2 Å². The van der Waals surface area contributed by atoms with Gasteiger partial charge in [0, 0.05) is 12.0 Å². The number of hydrogen-bond donors (Lipinski definition) is 3. The molecule has 1 amide bonds. The molecule has 0 spiro atoms. The second-order valence-electron chi connectivity index (χ2n) is 7.75. The maximum Gasteiger partial charge on any atom is 0.490 e. The van der Waals surface area contributed by atoms with Gasteiger partial charge in [0.05, 0.1) is 10.2 Å². The predicted octanol–water partition coefficient (Wildman–Crippen LogP) is 4.04. The van der Waals surface area contributed by atoms with Crippen LogP contribution >= 0.6 is 15.9 Å². The molecule has 0 unspecified atom stereocenters. The number of alkyl halides is 3. The third kappa shape index (κ3) is 9.07. The molecule has 1 aromatic carbocycles. The lowest BCUT2D eigenvalue weighted by Gasteiger charge is -2.33. The average molecular weight is 583 g/mol. The van der Waals surface area contributed by atoms with E-state index in [9.17, 15) is 22.4 Å². The highest BCUT2D eigenvalue weighted by Crippen LogP contribution is 2.22. The normalized spacial score (nSPS) is 14.9. The van der Waals surface area contributed by atoms with E-state index < -0.39 is 12.1 Å². The Labute approximate surface area is 210 Å². The quantitative estimate of drug-likeness (QED) is 0.250. The highest BCUT2D eigenvalue weighted by atomic mass is 79.9. The van der Waals surface area contributed by atoms with Crippen LogP contribution in [0.3, 0.4) is 0 Å². The summed E-state index contributed by atoms with van der Waals surface area (Å²) in [5, 5.41) is 21.0. The van der Waals surface area contributed by atoms with Gasteiger partial charge in [-0.25, -0.2) is 13.8 Å². The van der Waals surface area contributed by atoms with Crippen molar-refractivity contribution >= 4 is 45.5 Å². The van der Waals surface area contributed by atoms with Gasteiger partial charge in [0.15, 0.2) is 5.69 Å². The van der Waals surface area contributed by atoms with Gasteiger partial charge in [-0.1, -0.05) is 5.16 Å². The molecule has 0 radical (unpaired) electrons. The van der Waals surface area contributed by atoms with Crippen LogP contribution in [-0.2, 0) is 14.5 Å². The Balaban J connectivity index is 0.000000572. The van der Waals surface area contributed by atoms with Crippen LogP contribution in [0.25, 0.3) is 0 Å². The van der Waals surface area contributed by atoms with E-state index in [1.807, 2.05) is 0 Å². The Bertz CT molecular complexity index is 1060. The highest BCUT2D eigenvalue weighted by molar-refractivity contribution is 9.10. The number of halogens is 5. The van der Waals surface area contributed by atoms with Gasteiger partial charge in [0.2, 0.25) is 11.7 Å². The molecule has 1 aliphatic heterocycles. The Hall–Kier alpha value is -3.27. The zero-order valence-corrected chi connectivity index (χ0v) is 20.6. The molecule has 16 heteroatoms. The van der Waals surface area contributed by atoms with Crippen molar-refractivity contribution < 1.29 is 41.8 Å². The van der Waals surface area contributed by atoms with Crippen LogP contribution in [0.5, 0.6) is 0 Å². The van der Waals surface area contributed by atoms with Gasteiger partial charge in [-0.3, -0.25) is 9.73 Å². The molecule has 0 saturated carbocycles. The summed E-state index contributed by atoms with van der Waals surface area (Å²) in [6.07, 6.45) is -2.25. The van der Waals surface area contributed by atoms with Gasteiger partial charge in [-0.2, -0.15) is 18.7 Å². The van der Waals surface area contributed by atoms with Gasteiger partial charge in [-0.05, 0) is 84.2 Å². The largest absolute Gasteiger partial charge is 0.490 e. The number of oxime groups is 1. The van der Waals surface area contributed by atoms with Gasteiger partial charge in [0.25, 0.3) is 0 Å². The molecule has 11 nitrogen and oxygen atoms in total. The number of carbonyl (C=O) groups is 2. The standard InChI is InChI=1S/C18H22BrFN6O3.C2HF3O2/c1-11(2)26-7-5-12(6-8-26)18(27)22-17-16(24-29-25-17)10-21-28-23-13-3-4-15(20)14(19)9-13;3-2(4,5)1(6)7/h3-4,9-12,23H,5-8H2,1-2H3,(H,22,25,27);(H,6,7)/b21-10+;. The Morgan fingerprint density at radius 2 is 1.94 bits per heavy atom. The summed E-state index contributed by atoms with van der Waals surface area (Å²) in [4.78, 5) is 28.7. The molecule has 1 aliphatic rings. The Kier molecular flexibility index (Phi) is 10.6. The molecule has 0 bridgehead atoms. The van der Waals surface area contributed by atoms with Gasteiger partial charge < -0.3 is 15.3 Å². The van der Waals surface area contributed by atoms with Gasteiger partial charge in [0.1, 0.15) is 12.0 Å². The number of hydrogen-bond acceptors (Lipinski definition) is 9. The van der Waals surface area contributed by atoms with Crippen LogP contribution in [0.2, 0.25) is 0 Å². The number of carboxylic acid groups (broad SMARTS) is 1. The lowest BCUT2D eigenvalue weighted by Crippen LogP contribution is -2.41. The van der Waals surface area contributed by atoms with E-state index >= 15 is 0 Å². The molecule has 1 fully saturated rings. The molecule has 0 atom stereocenters. The summed E-state index contributed by atoms with van der Waals surface area (Å²) in [5.74, 6) is -3.16. The molecule has 2 heterocycles. The molecule has 3 rings (SSSR count). The fourth-order valence-electron chi connectivity index (χ4n) is 2.98. The first-order valence-corrected chi connectivity index (χ1v) is 11.3. The number of carbonyl (C=O) groups excluding carboxylic acids is 1. The van der Waals surface area contributed by atoms with E-state index in [1.54, 1.807) is 0 Å². The minimum absolute atomic E-state index is 0.0821. The van der Waals surface area contributed by atoms with Crippen molar-refractivity contribution in [3.8, 4) is 0 Å². The zero-order chi connectivity index (χ0) is 26.9. The van der Waals surface area contributed by atoms with E-state index in [-0.39, 0.29) is 29.2 Å². The Morgan fingerprint density at radius 1 is 1.31 bits per heavy atom. The summed E-state index contributed by atoms with van der Waals surface area (Å²) in [5.41, 5.74) is 3.25. The van der Waals surface area contributed by atoms with Crippen LogP contribution in [-0.4, -0.2) is 63.7 Å². The van der Waals surface area contributed by atoms with E-state index in [4.69, 9.17) is 14.8 Å². The molecular formula is C20H23BrF4N6O5. The van der Waals surface area contributed by atoms with E-state index in [0.29, 0.717) is 16.2 Å². The topological polar surface area (TPSA) is 142 Å². The summed E-state index contributed by atoms with van der Waals surface area (Å²) < 4.78 is 49.9. The number of anilines is 2. The lowest BCUT2D eigenvalue weighted by molar-refractivity contribution is -0.192. The number of nitrogens with zero attached hydrogens (tertiary/aromatic N) is 4. The number of piperidine rings is 1. The van der Waals surface area contributed by atoms with E-state index in [2.05, 4.69) is 65.6 Å². The smallest absolute Gasteiger partial charge is 0.475 e. The minimum Gasteiger partial charge on any atom is -0.475 e. The molecule has 36 heavy (non-hydrogen) atoms. The summed E-state index contributed by atoms with van der Waals surface area (Å²) in [6, 6.07) is 4.74. The molecule has 2 aromatic rings. The predicted molar refractivity (Wildman–Crippen MR) is 122 cm³/mol. The SMILES string of the molecule is CC(C)N1CCC(C(=O)Nc2nonc2/C=N/ONc2ccc(F)c(Br)c2)CC1.O=C(O)C(F)(F)F. The average Bonchev–Trinajstić information content (AvgIpc) is 3.25. The molecule has 198 valence electrons. The number of amides is 1. The van der Waals surface area contributed by atoms with Crippen molar-refractivity contribution in [2.75, 3.05) is 23.9 Å². The second-order valence-corrected chi connectivity index (χ2v) is 8.61. The summed E-state index contributed by atoms with van der Waals surface area (Å²) in [7, 11) is 0. The number of carboxylic acids is 1. The zero-order valence-electron chi connectivity index (χ0n) is 19.1. The first kappa shape index (κ1) is 29.0. The number of benzene rings is 1. The van der Waals surface area contributed by atoms with Crippen molar-refractivity contribution in [3.63, 3.8) is 0 Å². The molecule has 0 aliphatic carbocycles. The molecule has 3 N–H and O–H groups in total. The second kappa shape index (κ2) is 13.2. The number of aromatic nitrogens is 2. The lowest BCUT2D eigenvalue weighted by atomic mass is 9.95. The number of nitrogens with one attached hydrogen (secondary N) is 2. The van der Waals surface area contributed by atoms with Crippen LogP contribution in [0.15, 0.2) is 32.5 Å². The molecular weight excluding hydrogens is 560 g/mol. The van der Waals surface area contributed by atoms with Gasteiger partial charge >= 0.3 is 12.1 Å². The molecule has 1 aromatic heterocycles. The third-order valence-corrected chi connectivity index (χ3v) is 5.55. The Morgan fingerprint density at radius 3 is 2.50 bits per heavy atom. The fraction of sp³-hybridized carbons (Fsp3) is 0.450. The van der Waals surface area contributed by atoms with Crippen molar-refractivity contribution in [2.24, 2.45) is 11.1 Å². The highest BCUT2D eigenvalue weighted by Gasteiger charge is 2.38. The number of rotatable bonds is 7. The van der Waals surface area contributed by atoms with Crippen LogP contribution < -0.4 is 10.8 Å². The molecule has 1 saturated heterocycles. The monoisotopic (exact) mass is 582 g/mol. The number of likely N-dealkylation sites (tertiary alicyclic amines) is 1. The van der Waals surface area contributed by atoms with Crippen molar-refractivity contribution in [1.82, 2.24) is 15.2 Å². The van der Waals surface area contributed by atoms with Crippen molar-refractivity contribution in [1.29, 1.82) is 0 Å². The van der Waals surface area contributed by atoms with Crippen LogP contribution in [0.1, 0.15) is 32.4 Å². The van der Waals surface area contributed by atoms with Crippen molar-refractivity contribution in [2.45, 2.75) is 38.9 Å². The fourth-order valence-corrected chi connectivity index (χ4v) is 3.36. The van der Waals surface area contributed by atoms with Gasteiger partial charge in [-0.15, -0.1) is 0 Å². The van der Waals surface area contributed by atoms with Crippen LogP contribution in [0, 0.1) is 11.7 Å². The summed E-state index contributed by atoms with van der Waals surface area (Å²) >= 11 is 3.08. The number of aliphatic carboxylic acids is 1. The van der Waals surface area contributed by atoms with E-state index in [1.165, 1.54) is 24.4 Å². The van der Waals surface area contributed by atoms with E-state index in [0.717, 1.165) is 25.9 Å². The maximum absolute atomic E-state index is 13.2. The first-order chi connectivity index (χ1) is 16.9. The third-order valence-electron chi connectivity index (χ3n) is 4.94. The summed E-state index contributed by atoms with van der Waals surface area (Å²) in [6.45, 7) is 6.08. The minimum atomic E-state index is -5.08. The maximum atomic E-state index is 13.2.